The third-order valence-electron chi connectivity index (χ3n) is 3.01. The molecule has 0 aliphatic carbocycles. The Labute approximate surface area is 102 Å². The minimum absolute atomic E-state index is 0.418. The van der Waals surface area contributed by atoms with E-state index in [0.29, 0.717) is 19.0 Å². The Hall–Kier alpha value is -1.20. The second-order valence-electron chi connectivity index (χ2n) is 4.32. The molecule has 0 bridgehead atoms. The topological polar surface area (TPSA) is 64.3 Å². The fourth-order valence-electron chi connectivity index (χ4n) is 2.00. The van der Waals surface area contributed by atoms with Crippen molar-refractivity contribution in [2.24, 2.45) is 5.73 Å². The highest BCUT2D eigenvalue weighted by Crippen LogP contribution is 2.09. The van der Waals surface area contributed by atoms with E-state index in [0.717, 1.165) is 12.2 Å². The lowest BCUT2D eigenvalue weighted by molar-refractivity contribution is 0.179. The van der Waals surface area contributed by atoms with Crippen molar-refractivity contribution in [2.75, 3.05) is 26.2 Å². The van der Waals surface area contributed by atoms with Crippen LogP contribution < -0.4 is 10.5 Å². The average molecular weight is 236 g/mol. The zero-order valence-electron chi connectivity index (χ0n) is 10.1. The molecular weight excluding hydrogens is 216 g/mol. The molecule has 0 radical (unpaired) electrons. The lowest BCUT2D eigenvalue weighted by Gasteiger charge is -2.25. The van der Waals surface area contributed by atoms with Crippen LogP contribution in [0.5, 0.6) is 5.88 Å². The second kappa shape index (κ2) is 6.51. The summed E-state index contributed by atoms with van der Waals surface area (Å²) in [6.45, 7) is 4.46. The number of nitrogens with two attached hydrogens (primary N) is 1. The van der Waals surface area contributed by atoms with Gasteiger partial charge < -0.3 is 10.5 Å². The fraction of sp³-hybridized carbons (Fsp3) is 0.667. The molecule has 2 heterocycles. The Morgan fingerprint density at radius 1 is 1.18 bits per heavy atom. The molecule has 1 aliphatic heterocycles. The van der Waals surface area contributed by atoms with Crippen LogP contribution >= 0.6 is 0 Å². The van der Waals surface area contributed by atoms with Gasteiger partial charge in [0, 0.05) is 19.2 Å². The van der Waals surface area contributed by atoms with Gasteiger partial charge in [-0.05, 0) is 32.0 Å². The number of hydrogen-bond donors (Lipinski definition) is 1. The Kier molecular flexibility index (Phi) is 4.70. The van der Waals surface area contributed by atoms with E-state index in [-0.39, 0.29) is 0 Å². The zero-order valence-corrected chi connectivity index (χ0v) is 10.1. The first kappa shape index (κ1) is 12.3. The molecule has 1 fully saturated rings. The summed E-state index contributed by atoms with van der Waals surface area (Å²) in [5, 5.41) is 7.91. The summed E-state index contributed by atoms with van der Waals surface area (Å²) in [6, 6.07) is 3.68. The van der Waals surface area contributed by atoms with Crippen molar-refractivity contribution >= 4 is 0 Å². The largest absolute Gasteiger partial charge is 0.475 e. The van der Waals surface area contributed by atoms with Crippen molar-refractivity contribution < 1.29 is 4.74 Å². The van der Waals surface area contributed by atoms with E-state index in [1.54, 1.807) is 0 Å². The van der Waals surface area contributed by atoms with Gasteiger partial charge in [-0.25, -0.2) is 0 Å². The summed E-state index contributed by atoms with van der Waals surface area (Å²) in [5.41, 5.74) is 6.23. The van der Waals surface area contributed by atoms with Crippen molar-refractivity contribution in [3.8, 4) is 5.88 Å². The van der Waals surface area contributed by atoms with E-state index in [1.165, 1.54) is 32.4 Å². The van der Waals surface area contributed by atoms with Crippen LogP contribution in [0.2, 0.25) is 0 Å². The number of hydrogen-bond acceptors (Lipinski definition) is 5. The molecule has 0 atom stereocenters. The predicted octanol–water partition coefficient (Wildman–Crippen LogP) is 0.800. The number of rotatable bonds is 5. The minimum Gasteiger partial charge on any atom is -0.475 e. The first-order valence-corrected chi connectivity index (χ1v) is 6.26. The van der Waals surface area contributed by atoms with E-state index in [2.05, 4.69) is 15.1 Å². The monoisotopic (exact) mass is 236 g/mol. The molecule has 1 aromatic heterocycles. The summed E-state index contributed by atoms with van der Waals surface area (Å²) >= 11 is 0. The minimum atomic E-state index is 0.418. The van der Waals surface area contributed by atoms with E-state index in [4.69, 9.17) is 10.5 Å². The van der Waals surface area contributed by atoms with Gasteiger partial charge in [-0.3, -0.25) is 4.90 Å². The highest BCUT2D eigenvalue weighted by atomic mass is 16.5. The molecule has 5 heteroatoms. The van der Waals surface area contributed by atoms with Crippen molar-refractivity contribution in [3.05, 3.63) is 17.8 Å². The highest BCUT2D eigenvalue weighted by Gasteiger charge is 2.09. The number of likely N-dealkylation sites (tertiary alicyclic amines) is 1. The standard InChI is InChI=1S/C12H20N4O/c13-10-11-4-5-12(15-14-11)17-9-8-16-6-2-1-3-7-16/h4-5H,1-3,6-10,13H2. The van der Waals surface area contributed by atoms with Gasteiger partial charge >= 0.3 is 0 Å². The first-order valence-electron chi connectivity index (χ1n) is 6.26. The molecule has 17 heavy (non-hydrogen) atoms. The third kappa shape index (κ3) is 3.94. The molecular formula is C12H20N4O. The molecule has 2 N–H and O–H groups in total. The van der Waals surface area contributed by atoms with Crippen LogP contribution in [0.4, 0.5) is 0 Å². The molecule has 2 rings (SSSR count). The van der Waals surface area contributed by atoms with Gasteiger partial charge in [0.25, 0.3) is 0 Å². The summed E-state index contributed by atoms with van der Waals surface area (Å²) in [5.74, 6) is 0.583. The number of aromatic nitrogens is 2. The third-order valence-corrected chi connectivity index (χ3v) is 3.01. The molecule has 1 saturated heterocycles. The summed E-state index contributed by atoms with van der Waals surface area (Å²) in [4.78, 5) is 2.44. The van der Waals surface area contributed by atoms with Crippen molar-refractivity contribution in [1.29, 1.82) is 0 Å². The normalized spacial score (nSPS) is 17.0. The first-order chi connectivity index (χ1) is 8.38. The SMILES string of the molecule is NCc1ccc(OCCN2CCCCC2)nn1. The van der Waals surface area contributed by atoms with E-state index >= 15 is 0 Å². The lowest BCUT2D eigenvalue weighted by Crippen LogP contribution is -2.33. The molecule has 0 amide bonds. The van der Waals surface area contributed by atoms with Gasteiger partial charge in [0.1, 0.15) is 6.61 Å². The molecule has 0 unspecified atom stereocenters. The van der Waals surface area contributed by atoms with Gasteiger partial charge in [-0.15, -0.1) is 5.10 Å². The van der Waals surface area contributed by atoms with Gasteiger partial charge in [0.2, 0.25) is 5.88 Å². The van der Waals surface area contributed by atoms with Gasteiger partial charge in [-0.1, -0.05) is 6.42 Å². The molecule has 0 spiro atoms. The van der Waals surface area contributed by atoms with Crippen LogP contribution in [0, 0.1) is 0 Å². The van der Waals surface area contributed by atoms with Crippen molar-refractivity contribution in [3.63, 3.8) is 0 Å². The average Bonchev–Trinajstić information content (AvgIpc) is 2.41. The molecule has 1 aromatic rings. The maximum absolute atomic E-state index is 5.55. The molecule has 0 aromatic carbocycles. The van der Waals surface area contributed by atoms with E-state index < -0.39 is 0 Å². The number of nitrogens with zero attached hydrogens (tertiary/aromatic N) is 3. The Bertz CT molecular complexity index is 322. The molecule has 5 nitrogen and oxygen atoms in total. The predicted molar refractivity (Wildman–Crippen MR) is 65.7 cm³/mol. The Morgan fingerprint density at radius 2 is 2.00 bits per heavy atom. The van der Waals surface area contributed by atoms with E-state index in [9.17, 15) is 0 Å². The maximum Gasteiger partial charge on any atom is 0.233 e. The van der Waals surface area contributed by atoms with Crippen LogP contribution in [-0.4, -0.2) is 41.3 Å². The smallest absolute Gasteiger partial charge is 0.233 e. The van der Waals surface area contributed by atoms with Crippen LogP contribution in [0.1, 0.15) is 25.0 Å². The van der Waals surface area contributed by atoms with Gasteiger partial charge in [-0.2, -0.15) is 5.10 Å². The molecule has 94 valence electrons. The summed E-state index contributed by atoms with van der Waals surface area (Å²) in [6.07, 6.45) is 3.99. The number of ether oxygens (including phenoxy) is 1. The highest BCUT2D eigenvalue weighted by molar-refractivity contribution is 5.11. The van der Waals surface area contributed by atoms with Crippen molar-refractivity contribution in [2.45, 2.75) is 25.8 Å². The van der Waals surface area contributed by atoms with Gasteiger partial charge in [0.05, 0.1) is 5.69 Å². The second-order valence-corrected chi connectivity index (χ2v) is 4.32. The van der Waals surface area contributed by atoms with E-state index in [1.807, 2.05) is 12.1 Å². The quantitative estimate of drug-likeness (QED) is 0.819. The van der Waals surface area contributed by atoms with Crippen molar-refractivity contribution in [1.82, 2.24) is 15.1 Å². The zero-order chi connectivity index (χ0) is 11.9. The van der Waals surface area contributed by atoms with Crippen LogP contribution in [-0.2, 0) is 6.54 Å². The Morgan fingerprint density at radius 3 is 2.65 bits per heavy atom. The maximum atomic E-state index is 5.55. The molecule has 0 saturated carbocycles. The van der Waals surface area contributed by atoms with Crippen LogP contribution in [0.3, 0.4) is 0 Å². The summed E-state index contributed by atoms with van der Waals surface area (Å²) < 4.78 is 5.55. The number of piperidine rings is 1. The van der Waals surface area contributed by atoms with Crippen LogP contribution in [0.15, 0.2) is 12.1 Å². The lowest BCUT2D eigenvalue weighted by atomic mass is 10.1. The summed E-state index contributed by atoms with van der Waals surface area (Å²) in [7, 11) is 0. The molecule has 1 aliphatic rings. The van der Waals surface area contributed by atoms with Crippen LogP contribution in [0.25, 0.3) is 0 Å². The Balaban J connectivity index is 1.69. The van der Waals surface area contributed by atoms with Gasteiger partial charge in [0.15, 0.2) is 0 Å². The fourth-order valence-corrected chi connectivity index (χ4v) is 2.00.